The van der Waals surface area contributed by atoms with Crippen molar-refractivity contribution in [2.24, 2.45) is 0 Å². The fraction of sp³-hybridized carbons (Fsp3) is 0.308. The normalized spacial score (nSPS) is 21.8. The molecular formula is C13H12O3. The van der Waals surface area contributed by atoms with Crippen molar-refractivity contribution in [3.63, 3.8) is 0 Å². The molecule has 2 aliphatic rings. The van der Waals surface area contributed by atoms with E-state index < -0.39 is 0 Å². The van der Waals surface area contributed by atoms with Crippen LogP contribution in [0.25, 0.3) is 6.08 Å². The lowest BCUT2D eigenvalue weighted by molar-refractivity contribution is -0.114. The highest BCUT2D eigenvalue weighted by Crippen LogP contribution is 2.23. The number of fused-ring (bicyclic) bond motifs is 1. The predicted octanol–water partition coefficient (Wildman–Crippen LogP) is 1.60. The average molecular weight is 216 g/mol. The second-order valence-corrected chi connectivity index (χ2v) is 4.10. The smallest absolute Gasteiger partial charge is 0.160 e. The van der Waals surface area contributed by atoms with E-state index in [0.29, 0.717) is 13.0 Å². The van der Waals surface area contributed by atoms with Gasteiger partial charge in [0.1, 0.15) is 18.5 Å². The van der Waals surface area contributed by atoms with Crippen LogP contribution in [-0.4, -0.2) is 25.1 Å². The number of allylic oxidation sites excluding steroid dienone is 1. The van der Waals surface area contributed by atoms with Crippen molar-refractivity contribution in [3.05, 3.63) is 35.4 Å². The summed E-state index contributed by atoms with van der Waals surface area (Å²) in [6, 6.07) is 5.86. The number of rotatable bonds is 3. The van der Waals surface area contributed by atoms with Gasteiger partial charge in [0.15, 0.2) is 5.78 Å². The number of epoxide rings is 1. The summed E-state index contributed by atoms with van der Waals surface area (Å²) in [4.78, 5) is 11.3. The minimum atomic E-state index is 0.148. The Hall–Kier alpha value is -1.61. The molecular weight excluding hydrogens is 204 g/mol. The molecule has 0 saturated carbocycles. The summed E-state index contributed by atoms with van der Waals surface area (Å²) in [7, 11) is 0. The van der Waals surface area contributed by atoms with Gasteiger partial charge in [-0.15, -0.1) is 0 Å². The van der Waals surface area contributed by atoms with Crippen molar-refractivity contribution in [2.45, 2.75) is 12.5 Å². The van der Waals surface area contributed by atoms with Crippen LogP contribution in [0.3, 0.4) is 0 Å². The van der Waals surface area contributed by atoms with Gasteiger partial charge in [0.05, 0.1) is 6.61 Å². The first-order chi connectivity index (χ1) is 7.81. The van der Waals surface area contributed by atoms with Gasteiger partial charge in [-0.1, -0.05) is 12.1 Å². The minimum Gasteiger partial charge on any atom is -0.491 e. The molecule has 1 saturated heterocycles. The van der Waals surface area contributed by atoms with E-state index >= 15 is 0 Å². The van der Waals surface area contributed by atoms with Crippen molar-refractivity contribution in [1.82, 2.24) is 0 Å². The topological polar surface area (TPSA) is 38.8 Å². The Morgan fingerprint density at radius 2 is 2.25 bits per heavy atom. The number of hydrogen-bond acceptors (Lipinski definition) is 3. The van der Waals surface area contributed by atoms with E-state index in [1.54, 1.807) is 6.08 Å². The van der Waals surface area contributed by atoms with E-state index in [1.807, 2.05) is 24.3 Å². The Kier molecular flexibility index (Phi) is 2.26. The Balaban J connectivity index is 1.78. The molecule has 0 N–H and O–H groups in total. The second kappa shape index (κ2) is 3.76. The van der Waals surface area contributed by atoms with Crippen LogP contribution in [0.1, 0.15) is 11.1 Å². The molecule has 1 unspecified atom stereocenters. The van der Waals surface area contributed by atoms with Gasteiger partial charge in [0.2, 0.25) is 0 Å². The number of hydrogen-bond donors (Lipinski definition) is 0. The highest BCUT2D eigenvalue weighted by atomic mass is 16.6. The first kappa shape index (κ1) is 9.60. The van der Waals surface area contributed by atoms with Crippen LogP contribution in [0.15, 0.2) is 24.3 Å². The van der Waals surface area contributed by atoms with Gasteiger partial charge in [0, 0.05) is 6.42 Å². The van der Waals surface area contributed by atoms with Gasteiger partial charge in [0.25, 0.3) is 0 Å². The molecule has 0 amide bonds. The number of ketones is 1. The summed E-state index contributed by atoms with van der Waals surface area (Å²) in [6.45, 7) is 1.40. The zero-order valence-corrected chi connectivity index (χ0v) is 8.81. The van der Waals surface area contributed by atoms with Crippen molar-refractivity contribution in [3.8, 4) is 5.75 Å². The maximum absolute atomic E-state index is 11.3. The molecule has 3 heteroatoms. The van der Waals surface area contributed by atoms with E-state index in [2.05, 4.69) is 0 Å². The van der Waals surface area contributed by atoms with Crippen LogP contribution >= 0.6 is 0 Å². The van der Waals surface area contributed by atoms with Gasteiger partial charge < -0.3 is 9.47 Å². The lowest BCUT2D eigenvalue weighted by atomic mass is 9.96. The molecule has 0 spiro atoms. The minimum absolute atomic E-state index is 0.148. The van der Waals surface area contributed by atoms with Gasteiger partial charge >= 0.3 is 0 Å². The van der Waals surface area contributed by atoms with Crippen molar-refractivity contribution in [2.75, 3.05) is 13.2 Å². The zero-order chi connectivity index (χ0) is 11.0. The van der Waals surface area contributed by atoms with E-state index in [4.69, 9.17) is 9.47 Å². The van der Waals surface area contributed by atoms with Crippen LogP contribution in [0.5, 0.6) is 5.75 Å². The third-order valence-corrected chi connectivity index (χ3v) is 2.77. The van der Waals surface area contributed by atoms with Gasteiger partial charge in [-0.05, 0) is 29.3 Å². The fourth-order valence-electron chi connectivity index (χ4n) is 1.77. The highest BCUT2D eigenvalue weighted by Gasteiger charge is 2.23. The Labute approximate surface area is 93.7 Å². The van der Waals surface area contributed by atoms with Crippen LogP contribution in [0, 0.1) is 0 Å². The van der Waals surface area contributed by atoms with E-state index in [9.17, 15) is 4.79 Å². The number of carbonyl (C=O) groups excluding carboxylic acids is 1. The molecule has 3 nitrogen and oxygen atoms in total. The molecule has 1 heterocycles. The zero-order valence-electron chi connectivity index (χ0n) is 8.81. The first-order valence-electron chi connectivity index (χ1n) is 5.39. The molecule has 1 aromatic rings. The molecule has 0 radical (unpaired) electrons. The van der Waals surface area contributed by atoms with Gasteiger partial charge in [-0.2, -0.15) is 0 Å². The number of carbonyl (C=O) groups is 1. The maximum Gasteiger partial charge on any atom is 0.160 e. The third kappa shape index (κ3) is 1.99. The molecule has 1 fully saturated rings. The van der Waals surface area contributed by atoms with Crippen LogP contribution in [-0.2, 0) is 16.0 Å². The molecule has 16 heavy (non-hydrogen) atoms. The van der Waals surface area contributed by atoms with E-state index in [1.165, 1.54) is 0 Å². The van der Waals surface area contributed by atoms with Crippen LogP contribution in [0.4, 0.5) is 0 Å². The highest BCUT2D eigenvalue weighted by molar-refractivity contribution is 5.98. The van der Waals surface area contributed by atoms with Crippen molar-refractivity contribution < 1.29 is 14.3 Å². The summed E-state index contributed by atoms with van der Waals surface area (Å²) in [5.74, 6) is 0.965. The molecule has 0 aromatic heterocycles. The molecule has 3 rings (SSSR count). The van der Waals surface area contributed by atoms with Crippen LogP contribution in [0.2, 0.25) is 0 Å². The predicted molar refractivity (Wildman–Crippen MR) is 59.4 cm³/mol. The van der Waals surface area contributed by atoms with Crippen molar-refractivity contribution in [1.29, 1.82) is 0 Å². The summed E-state index contributed by atoms with van der Waals surface area (Å²) in [5, 5.41) is 0. The largest absolute Gasteiger partial charge is 0.491 e. The molecule has 0 bridgehead atoms. The summed E-state index contributed by atoms with van der Waals surface area (Å²) in [6.07, 6.45) is 4.22. The standard InChI is InChI=1S/C13H12O3/c14-11-3-1-9-2-4-12(6-10(9)5-11)15-7-13-8-16-13/h1-4,6,13H,5,7-8H2. The Bertz CT molecular complexity index is 458. The Morgan fingerprint density at radius 3 is 3.06 bits per heavy atom. The molecule has 1 aliphatic heterocycles. The molecule has 1 atom stereocenters. The maximum atomic E-state index is 11.3. The van der Waals surface area contributed by atoms with Crippen LogP contribution < -0.4 is 4.74 Å². The van der Waals surface area contributed by atoms with Gasteiger partial charge in [-0.25, -0.2) is 0 Å². The quantitative estimate of drug-likeness (QED) is 0.720. The third-order valence-electron chi connectivity index (χ3n) is 2.77. The average Bonchev–Trinajstić information content (AvgIpc) is 3.09. The second-order valence-electron chi connectivity index (χ2n) is 4.10. The summed E-state index contributed by atoms with van der Waals surface area (Å²) >= 11 is 0. The SMILES string of the molecule is O=C1C=Cc2ccc(OCC3CO3)cc2C1. The number of ether oxygens (including phenoxy) is 2. The summed E-state index contributed by atoms with van der Waals surface area (Å²) in [5.41, 5.74) is 2.15. The number of benzene rings is 1. The lowest BCUT2D eigenvalue weighted by Crippen LogP contribution is -2.07. The van der Waals surface area contributed by atoms with Crippen molar-refractivity contribution >= 4 is 11.9 Å². The van der Waals surface area contributed by atoms with Gasteiger partial charge in [-0.3, -0.25) is 4.79 Å². The first-order valence-corrected chi connectivity index (χ1v) is 5.39. The van der Waals surface area contributed by atoms with E-state index in [-0.39, 0.29) is 11.9 Å². The molecule has 82 valence electrons. The Morgan fingerprint density at radius 1 is 1.38 bits per heavy atom. The molecule has 1 aliphatic carbocycles. The molecule has 1 aromatic carbocycles. The fourth-order valence-corrected chi connectivity index (χ4v) is 1.77. The summed E-state index contributed by atoms with van der Waals surface area (Å²) < 4.78 is 10.6. The van der Waals surface area contributed by atoms with E-state index in [0.717, 1.165) is 23.5 Å². The monoisotopic (exact) mass is 216 g/mol. The lowest BCUT2D eigenvalue weighted by Gasteiger charge is -2.11.